The number of hydrogen-bond donors (Lipinski definition) is 2. The lowest BCUT2D eigenvalue weighted by atomic mass is 10.00. The van der Waals surface area contributed by atoms with Crippen molar-refractivity contribution in [1.29, 1.82) is 0 Å². The van der Waals surface area contributed by atoms with Gasteiger partial charge in [-0.1, -0.05) is 6.07 Å². The molecule has 0 saturated carbocycles. The van der Waals surface area contributed by atoms with Crippen LogP contribution in [0.2, 0.25) is 0 Å². The van der Waals surface area contributed by atoms with Gasteiger partial charge in [0, 0.05) is 51.9 Å². The molecule has 2 aromatic rings. The number of carbonyl (C=O) groups is 1. The third-order valence-corrected chi connectivity index (χ3v) is 7.01. The van der Waals surface area contributed by atoms with E-state index in [0.29, 0.717) is 38.4 Å². The molecule has 38 heavy (non-hydrogen) atoms. The summed E-state index contributed by atoms with van der Waals surface area (Å²) < 4.78 is 49.2. The smallest absolute Gasteiger partial charge is 0.380 e. The van der Waals surface area contributed by atoms with E-state index >= 15 is 0 Å². The van der Waals surface area contributed by atoms with Crippen LogP contribution in [-0.2, 0) is 9.47 Å². The van der Waals surface area contributed by atoms with E-state index in [-0.39, 0.29) is 18.7 Å². The standard InChI is InChI=1S/C27H36F3N5O3/c1-18-4-5-22(32-26(36)35-7-6-20(17-35)15-27(28,29)30)14-23(18)21-12-24(31-16-19(2)37-3)33-25(13-21)34-8-10-38-11-9-34/h4-5,12-14,19-20H,6-11,15-17H2,1-3H3,(H,31,33)(H,32,36)/t19?,20-/m0/s1. The number of aromatic nitrogens is 1. The molecule has 0 spiro atoms. The Labute approximate surface area is 221 Å². The Morgan fingerprint density at radius 1 is 1.21 bits per heavy atom. The average molecular weight is 536 g/mol. The molecule has 2 aliphatic heterocycles. The first-order valence-corrected chi connectivity index (χ1v) is 13.0. The van der Waals surface area contributed by atoms with Gasteiger partial charge >= 0.3 is 12.2 Å². The molecule has 2 N–H and O–H groups in total. The highest BCUT2D eigenvalue weighted by Gasteiger charge is 2.36. The summed E-state index contributed by atoms with van der Waals surface area (Å²) in [7, 11) is 1.66. The summed E-state index contributed by atoms with van der Waals surface area (Å²) in [5.41, 5.74) is 3.47. The molecular weight excluding hydrogens is 499 g/mol. The van der Waals surface area contributed by atoms with Crippen LogP contribution in [0, 0.1) is 12.8 Å². The summed E-state index contributed by atoms with van der Waals surface area (Å²) in [6, 6.07) is 9.26. The van der Waals surface area contributed by atoms with E-state index in [2.05, 4.69) is 15.5 Å². The zero-order valence-corrected chi connectivity index (χ0v) is 22.1. The number of nitrogens with zero attached hydrogens (tertiary/aromatic N) is 3. The molecule has 8 nitrogen and oxygen atoms in total. The SMILES string of the molecule is COC(C)CNc1cc(-c2cc(NC(=O)N3CC[C@@H](CC(F)(F)F)C3)ccc2C)cc(N2CCOCC2)n1. The Bertz CT molecular complexity index is 1110. The number of halogens is 3. The molecule has 2 saturated heterocycles. The molecule has 1 aromatic carbocycles. The molecule has 2 amide bonds. The fraction of sp³-hybridized carbons (Fsp3) is 0.556. The summed E-state index contributed by atoms with van der Waals surface area (Å²) in [6.45, 7) is 7.73. The van der Waals surface area contributed by atoms with Crippen LogP contribution >= 0.6 is 0 Å². The van der Waals surface area contributed by atoms with Crippen molar-refractivity contribution in [3.63, 3.8) is 0 Å². The summed E-state index contributed by atoms with van der Waals surface area (Å²) in [5.74, 6) is 0.992. The van der Waals surface area contributed by atoms with E-state index in [1.54, 1.807) is 7.11 Å². The van der Waals surface area contributed by atoms with Gasteiger partial charge in [0.2, 0.25) is 0 Å². The number of rotatable bonds is 8. The Balaban J connectivity index is 1.54. The first-order chi connectivity index (χ1) is 18.1. The van der Waals surface area contributed by atoms with Gasteiger partial charge in [0.1, 0.15) is 11.6 Å². The fourth-order valence-corrected chi connectivity index (χ4v) is 4.77. The number of nitrogens with one attached hydrogen (secondary N) is 2. The van der Waals surface area contributed by atoms with Crippen LogP contribution < -0.4 is 15.5 Å². The number of ether oxygens (including phenoxy) is 2. The maximum Gasteiger partial charge on any atom is 0.389 e. The minimum absolute atomic E-state index is 0.00823. The number of urea groups is 1. The average Bonchev–Trinajstić information content (AvgIpc) is 3.35. The van der Waals surface area contributed by atoms with Gasteiger partial charge in [-0.25, -0.2) is 9.78 Å². The highest BCUT2D eigenvalue weighted by atomic mass is 19.4. The molecule has 208 valence electrons. The molecule has 2 atom stereocenters. The van der Waals surface area contributed by atoms with Crippen LogP contribution in [0.25, 0.3) is 11.1 Å². The minimum atomic E-state index is -4.22. The number of carbonyl (C=O) groups excluding carboxylic acids is 1. The Morgan fingerprint density at radius 3 is 2.68 bits per heavy atom. The van der Waals surface area contributed by atoms with Gasteiger partial charge in [-0.2, -0.15) is 13.2 Å². The minimum Gasteiger partial charge on any atom is -0.380 e. The van der Waals surface area contributed by atoms with Crippen molar-refractivity contribution in [2.24, 2.45) is 5.92 Å². The van der Waals surface area contributed by atoms with Crippen LogP contribution in [0.3, 0.4) is 0 Å². The summed E-state index contributed by atoms with van der Waals surface area (Å²) in [6.07, 6.45) is -4.72. The first-order valence-electron chi connectivity index (χ1n) is 13.0. The summed E-state index contributed by atoms with van der Waals surface area (Å²) in [4.78, 5) is 21.3. The third-order valence-electron chi connectivity index (χ3n) is 7.01. The number of benzene rings is 1. The van der Waals surface area contributed by atoms with Crippen LogP contribution in [0.15, 0.2) is 30.3 Å². The molecule has 2 aliphatic rings. The van der Waals surface area contributed by atoms with E-state index in [1.807, 2.05) is 44.2 Å². The lowest BCUT2D eigenvalue weighted by Crippen LogP contribution is -2.36. The highest BCUT2D eigenvalue weighted by Crippen LogP contribution is 2.33. The third kappa shape index (κ3) is 7.50. The Hall–Kier alpha value is -3.05. The van der Waals surface area contributed by atoms with Crippen molar-refractivity contribution < 1.29 is 27.4 Å². The monoisotopic (exact) mass is 535 g/mol. The van der Waals surface area contributed by atoms with Gasteiger partial charge in [0.15, 0.2) is 0 Å². The van der Waals surface area contributed by atoms with Crippen molar-refractivity contribution in [3.05, 3.63) is 35.9 Å². The van der Waals surface area contributed by atoms with Crippen LogP contribution in [0.4, 0.5) is 35.3 Å². The van der Waals surface area contributed by atoms with Gasteiger partial charge in [0.25, 0.3) is 0 Å². The molecule has 0 bridgehead atoms. The second kappa shape index (κ2) is 12.2. The number of amides is 2. The topological polar surface area (TPSA) is 79.0 Å². The molecule has 4 rings (SSSR count). The number of methoxy groups -OCH3 is 1. The normalized spacial score (nSPS) is 18.9. The summed E-state index contributed by atoms with van der Waals surface area (Å²) >= 11 is 0. The van der Waals surface area contributed by atoms with Crippen molar-refractivity contribution >= 4 is 23.4 Å². The second-order valence-corrected chi connectivity index (χ2v) is 10.0. The molecule has 2 fully saturated rings. The molecule has 11 heteroatoms. The van der Waals surface area contributed by atoms with Gasteiger partial charge in [-0.3, -0.25) is 0 Å². The van der Waals surface area contributed by atoms with Crippen LogP contribution in [-0.4, -0.2) is 81.2 Å². The van der Waals surface area contributed by atoms with Gasteiger partial charge < -0.3 is 29.9 Å². The highest BCUT2D eigenvalue weighted by molar-refractivity contribution is 5.91. The predicted molar refractivity (Wildman–Crippen MR) is 142 cm³/mol. The number of morpholine rings is 1. The maximum absolute atomic E-state index is 12.8. The molecule has 0 aliphatic carbocycles. The maximum atomic E-state index is 12.8. The number of pyridine rings is 1. The number of alkyl halides is 3. The van der Waals surface area contributed by atoms with Crippen molar-refractivity contribution in [2.45, 2.75) is 39.0 Å². The van der Waals surface area contributed by atoms with E-state index in [0.717, 1.165) is 41.4 Å². The number of likely N-dealkylation sites (tertiary alicyclic amines) is 1. The van der Waals surface area contributed by atoms with Crippen molar-refractivity contribution in [1.82, 2.24) is 9.88 Å². The van der Waals surface area contributed by atoms with E-state index in [4.69, 9.17) is 14.5 Å². The van der Waals surface area contributed by atoms with Crippen LogP contribution in [0.1, 0.15) is 25.3 Å². The van der Waals surface area contributed by atoms with Gasteiger partial charge in [-0.05, 0) is 67.1 Å². The predicted octanol–water partition coefficient (Wildman–Crippen LogP) is 5.15. The molecule has 3 heterocycles. The summed E-state index contributed by atoms with van der Waals surface area (Å²) in [5, 5.41) is 6.23. The van der Waals surface area contributed by atoms with Gasteiger partial charge in [0.05, 0.1) is 19.3 Å². The van der Waals surface area contributed by atoms with E-state index in [1.165, 1.54) is 4.90 Å². The number of aryl methyl sites for hydroxylation is 1. The second-order valence-electron chi connectivity index (χ2n) is 10.0. The lowest BCUT2D eigenvalue weighted by Gasteiger charge is -2.29. The quantitative estimate of drug-likeness (QED) is 0.487. The van der Waals surface area contributed by atoms with Gasteiger partial charge in [-0.15, -0.1) is 0 Å². The molecule has 1 aromatic heterocycles. The largest absolute Gasteiger partial charge is 0.389 e. The van der Waals surface area contributed by atoms with E-state index < -0.39 is 18.5 Å². The molecule has 1 unspecified atom stereocenters. The molecular formula is C27H36F3N5O3. The van der Waals surface area contributed by atoms with E-state index in [9.17, 15) is 18.0 Å². The zero-order valence-electron chi connectivity index (χ0n) is 22.1. The Morgan fingerprint density at radius 2 is 1.97 bits per heavy atom. The number of anilines is 3. The van der Waals surface area contributed by atoms with Crippen molar-refractivity contribution in [3.8, 4) is 11.1 Å². The zero-order chi connectivity index (χ0) is 27.3. The first kappa shape index (κ1) is 28.0. The Kier molecular flexibility index (Phi) is 8.99. The van der Waals surface area contributed by atoms with Crippen molar-refractivity contribution in [2.75, 3.05) is 68.6 Å². The van der Waals surface area contributed by atoms with Crippen LogP contribution in [0.5, 0.6) is 0 Å². The molecule has 0 radical (unpaired) electrons. The lowest BCUT2D eigenvalue weighted by molar-refractivity contribution is -0.143. The fourth-order valence-electron chi connectivity index (χ4n) is 4.77. The number of hydrogen-bond acceptors (Lipinski definition) is 6.